The van der Waals surface area contributed by atoms with Crippen molar-refractivity contribution in [1.29, 1.82) is 0 Å². The SMILES string of the molecule is CCc1nc(C)c(C(=O)N(C)[C@@H](C)c2ccncn2)o1. The zero-order valence-corrected chi connectivity index (χ0v) is 12.1. The number of nitrogens with zero attached hydrogens (tertiary/aromatic N) is 4. The van der Waals surface area contributed by atoms with E-state index >= 15 is 0 Å². The molecule has 106 valence electrons. The van der Waals surface area contributed by atoms with Crippen LogP contribution in [0.3, 0.4) is 0 Å². The van der Waals surface area contributed by atoms with Crippen molar-refractivity contribution in [3.05, 3.63) is 41.6 Å². The van der Waals surface area contributed by atoms with Gasteiger partial charge in [-0.1, -0.05) is 6.92 Å². The van der Waals surface area contributed by atoms with Gasteiger partial charge in [0.05, 0.1) is 17.4 Å². The summed E-state index contributed by atoms with van der Waals surface area (Å²) in [5.74, 6) is 0.681. The highest BCUT2D eigenvalue weighted by Crippen LogP contribution is 2.20. The lowest BCUT2D eigenvalue weighted by Crippen LogP contribution is -2.30. The Kier molecular flexibility index (Phi) is 4.12. The first-order valence-electron chi connectivity index (χ1n) is 6.54. The summed E-state index contributed by atoms with van der Waals surface area (Å²) in [6.07, 6.45) is 3.80. The minimum absolute atomic E-state index is 0.167. The third kappa shape index (κ3) is 2.68. The van der Waals surface area contributed by atoms with Crippen LogP contribution >= 0.6 is 0 Å². The number of hydrogen-bond acceptors (Lipinski definition) is 5. The molecule has 2 aromatic rings. The van der Waals surface area contributed by atoms with Crippen LogP contribution in [0.25, 0.3) is 0 Å². The maximum absolute atomic E-state index is 12.5. The van der Waals surface area contributed by atoms with Crippen molar-refractivity contribution in [1.82, 2.24) is 19.9 Å². The van der Waals surface area contributed by atoms with E-state index in [0.29, 0.717) is 23.8 Å². The molecule has 20 heavy (non-hydrogen) atoms. The Morgan fingerprint density at radius 2 is 2.25 bits per heavy atom. The van der Waals surface area contributed by atoms with Gasteiger partial charge in [-0.15, -0.1) is 0 Å². The molecule has 2 aromatic heterocycles. The van der Waals surface area contributed by atoms with Crippen LogP contribution in [0.1, 0.15) is 47.7 Å². The minimum atomic E-state index is -0.194. The molecule has 1 amide bonds. The van der Waals surface area contributed by atoms with Crippen LogP contribution in [0.5, 0.6) is 0 Å². The summed E-state index contributed by atoms with van der Waals surface area (Å²) in [6.45, 7) is 5.62. The van der Waals surface area contributed by atoms with E-state index in [9.17, 15) is 4.79 Å². The Morgan fingerprint density at radius 3 is 2.80 bits per heavy atom. The molecule has 6 heteroatoms. The summed E-state index contributed by atoms with van der Waals surface area (Å²) in [5, 5.41) is 0. The molecule has 0 aliphatic carbocycles. The van der Waals surface area contributed by atoms with Crippen molar-refractivity contribution in [2.45, 2.75) is 33.2 Å². The first-order chi connectivity index (χ1) is 9.54. The van der Waals surface area contributed by atoms with Gasteiger partial charge in [-0.25, -0.2) is 15.0 Å². The molecule has 0 spiro atoms. The largest absolute Gasteiger partial charge is 0.435 e. The van der Waals surface area contributed by atoms with Gasteiger partial charge in [-0.2, -0.15) is 0 Å². The van der Waals surface area contributed by atoms with Crippen LogP contribution in [-0.4, -0.2) is 32.8 Å². The molecule has 1 atom stereocenters. The molecular formula is C14H18N4O2. The van der Waals surface area contributed by atoms with Crippen LogP contribution in [0.4, 0.5) is 0 Å². The van der Waals surface area contributed by atoms with Gasteiger partial charge in [0.25, 0.3) is 5.91 Å². The van der Waals surface area contributed by atoms with E-state index in [1.807, 2.05) is 13.8 Å². The number of carbonyl (C=O) groups excluding carboxylic acids is 1. The molecule has 2 heterocycles. The second kappa shape index (κ2) is 5.81. The Bertz CT molecular complexity index is 594. The van der Waals surface area contributed by atoms with Crippen molar-refractivity contribution >= 4 is 5.91 Å². The number of hydrogen-bond donors (Lipinski definition) is 0. The Labute approximate surface area is 117 Å². The molecule has 0 bridgehead atoms. The van der Waals surface area contributed by atoms with Gasteiger partial charge < -0.3 is 9.32 Å². The zero-order chi connectivity index (χ0) is 14.7. The van der Waals surface area contributed by atoms with Gasteiger partial charge in [0.15, 0.2) is 5.89 Å². The fourth-order valence-electron chi connectivity index (χ4n) is 1.88. The van der Waals surface area contributed by atoms with Gasteiger partial charge in [-0.05, 0) is 19.9 Å². The van der Waals surface area contributed by atoms with E-state index in [2.05, 4.69) is 15.0 Å². The van der Waals surface area contributed by atoms with Crippen LogP contribution in [0.2, 0.25) is 0 Å². The lowest BCUT2D eigenvalue weighted by Gasteiger charge is -2.23. The van der Waals surface area contributed by atoms with Gasteiger partial charge in [0.2, 0.25) is 5.76 Å². The molecule has 0 saturated carbocycles. The van der Waals surface area contributed by atoms with Crippen molar-refractivity contribution < 1.29 is 9.21 Å². The average molecular weight is 274 g/mol. The highest BCUT2D eigenvalue weighted by molar-refractivity contribution is 5.92. The van der Waals surface area contributed by atoms with Crippen molar-refractivity contribution in [3.8, 4) is 0 Å². The quantitative estimate of drug-likeness (QED) is 0.854. The monoisotopic (exact) mass is 274 g/mol. The highest BCUT2D eigenvalue weighted by atomic mass is 16.4. The fraction of sp³-hybridized carbons (Fsp3) is 0.429. The first kappa shape index (κ1) is 14.2. The number of carbonyl (C=O) groups is 1. The number of oxazole rings is 1. The Balaban J connectivity index is 2.22. The smallest absolute Gasteiger partial charge is 0.291 e. The second-order valence-corrected chi connectivity index (χ2v) is 4.60. The third-order valence-corrected chi connectivity index (χ3v) is 3.27. The predicted molar refractivity (Wildman–Crippen MR) is 73.2 cm³/mol. The summed E-state index contributed by atoms with van der Waals surface area (Å²) in [5.41, 5.74) is 1.40. The Hall–Kier alpha value is -2.24. The summed E-state index contributed by atoms with van der Waals surface area (Å²) in [4.78, 5) is 26.3. The molecule has 0 N–H and O–H groups in total. The zero-order valence-electron chi connectivity index (χ0n) is 12.1. The predicted octanol–water partition coefficient (Wildman–Crippen LogP) is 2.17. The molecule has 0 aliphatic heterocycles. The van der Waals surface area contributed by atoms with Gasteiger partial charge in [-0.3, -0.25) is 4.79 Å². The highest BCUT2D eigenvalue weighted by Gasteiger charge is 2.25. The Morgan fingerprint density at radius 1 is 1.50 bits per heavy atom. The summed E-state index contributed by atoms with van der Waals surface area (Å²) in [7, 11) is 1.72. The maximum Gasteiger partial charge on any atom is 0.291 e. The number of aromatic nitrogens is 3. The molecule has 2 rings (SSSR count). The standard InChI is InChI=1S/C14H18N4O2/c1-5-12-17-9(2)13(20-12)14(19)18(4)10(3)11-6-7-15-8-16-11/h6-8,10H,5H2,1-4H3/t10-/m0/s1. The fourth-order valence-corrected chi connectivity index (χ4v) is 1.88. The van der Waals surface area contributed by atoms with E-state index in [4.69, 9.17) is 4.42 Å². The van der Waals surface area contributed by atoms with E-state index in [1.54, 1.807) is 31.1 Å². The normalized spacial score (nSPS) is 12.2. The topological polar surface area (TPSA) is 72.1 Å². The van der Waals surface area contributed by atoms with E-state index in [1.165, 1.54) is 6.33 Å². The third-order valence-electron chi connectivity index (χ3n) is 3.27. The molecule has 0 aromatic carbocycles. The molecule has 0 radical (unpaired) electrons. The molecule has 6 nitrogen and oxygen atoms in total. The van der Waals surface area contributed by atoms with E-state index < -0.39 is 0 Å². The second-order valence-electron chi connectivity index (χ2n) is 4.60. The van der Waals surface area contributed by atoms with E-state index in [-0.39, 0.29) is 11.9 Å². The van der Waals surface area contributed by atoms with Gasteiger partial charge in [0.1, 0.15) is 6.33 Å². The van der Waals surface area contributed by atoms with Crippen LogP contribution in [0, 0.1) is 6.92 Å². The number of amides is 1. The number of aryl methyl sites for hydroxylation is 2. The first-order valence-corrected chi connectivity index (χ1v) is 6.54. The van der Waals surface area contributed by atoms with Crippen molar-refractivity contribution in [3.63, 3.8) is 0 Å². The van der Waals surface area contributed by atoms with Gasteiger partial charge >= 0.3 is 0 Å². The lowest BCUT2D eigenvalue weighted by atomic mass is 10.2. The summed E-state index contributed by atoms with van der Waals surface area (Å²) < 4.78 is 5.50. The van der Waals surface area contributed by atoms with Crippen LogP contribution in [0.15, 0.2) is 23.0 Å². The van der Waals surface area contributed by atoms with Crippen molar-refractivity contribution in [2.75, 3.05) is 7.05 Å². The van der Waals surface area contributed by atoms with Crippen LogP contribution < -0.4 is 0 Å². The number of rotatable bonds is 4. The maximum atomic E-state index is 12.5. The average Bonchev–Trinajstić information content (AvgIpc) is 2.87. The lowest BCUT2D eigenvalue weighted by molar-refractivity contribution is 0.0704. The van der Waals surface area contributed by atoms with E-state index in [0.717, 1.165) is 5.69 Å². The van der Waals surface area contributed by atoms with Crippen molar-refractivity contribution in [2.24, 2.45) is 0 Å². The summed E-state index contributed by atoms with van der Waals surface area (Å²) >= 11 is 0. The molecule has 0 saturated heterocycles. The molecular weight excluding hydrogens is 256 g/mol. The van der Waals surface area contributed by atoms with Gasteiger partial charge in [0, 0.05) is 19.7 Å². The minimum Gasteiger partial charge on any atom is -0.435 e. The summed E-state index contributed by atoms with van der Waals surface area (Å²) in [6, 6.07) is 1.62. The molecule has 0 aliphatic rings. The van der Waals surface area contributed by atoms with Crippen LogP contribution in [-0.2, 0) is 6.42 Å². The molecule has 0 fully saturated rings. The molecule has 0 unspecified atom stereocenters.